The second-order valence-corrected chi connectivity index (χ2v) is 4.63. The molecule has 0 spiro atoms. The van der Waals surface area contributed by atoms with Gasteiger partial charge in [0.2, 0.25) is 0 Å². The van der Waals surface area contributed by atoms with Crippen molar-refractivity contribution in [2.75, 3.05) is 6.61 Å². The van der Waals surface area contributed by atoms with E-state index in [4.69, 9.17) is 4.74 Å². The first-order valence-electron chi connectivity index (χ1n) is 6.72. The molecule has 0 amide bonds. The molecule has 0 saturated heterocycles. The van der Waals surface area contributed by atoms with Crippen LogP contribution in [0.2, 0.25) is 0 Å². The normalized spacial score (nSPS) is 10.6. The Morgan fingerprint density at radius 2 is 1.90 bits per heavy atom. The van der Waals surface area contributed by atoms with Crippen molar-refractivity contribution in [3.05, 3.63) is 52.8 Å². The molecule has 0 aliphatic rings. The molecule has 104 valence electrons. The third-order valence-corrected chi connectivity index (χ3v) is 2.57. The summed E-state index contributed by atoms with van der Waals surface area (Å²) in [4.78, 5) is 11.8. The van der Waals surface area contributed by atoms with Crippen molar-refractivity contribution >= 4 is 5.97 Å². The average molecular weight is 268 g/mol. The molecule has 0 N–H and O–H groups in total. The van der Waals surface area contributed by atoms with Crippen molar-refractivity contribution < 1.29 is 9.53 Å². The number of benzene rings is 1. The molecule has 1 rings (SSSR count). The molecule has 20 heavy (non-hydrogen) atoms. The van der Waals surface area contributed by atoms with Gasteiger partial charge in [-0.3, -0.25) is 4.79 Å². The molecule has 0 saturated carbocycles. The summed E-state index contributed by atoms with van der Waals surface area (Å²) in [5.41, 5.74) is 5.71. The summed E-state index contributed by atoms with van der Waals surface area (Å²) in [6, 6.07) is 9.68. The quantitative estimate of drug-likeness (QED) is 0.474. The van der Waals surface area contributed by atoms with Gasteiger partial charge in [0.1, 0.15) is 0 Å². The summed E-state index contributed by atoms with van der Waals surface area (Å²) < 4.78 is 5.04. The lowest BCUT2D eigenvalue weighted by atomic mass is 10.0. The standard InChI is InChI=1S/C18H20O2/c1-5-20-18(19)15(4)17(13-14(2)3)12-11-16-9-7-6-8-10-16/h6-10,15H,5H2,1-4H3. The van der Waals surface area contributed by atoms with Crippen molar-refractivity contribution in [1.29, 1.82) is 0 Å². The van der Waals surface area contributed by atoms with E-state index in [2.05, 4.69) is 17.6 Å². The van der Waals surface area contributed by atoms with Gasteiger partial charge in [0.15, 0.2) is 0 Å². The zero-order valence-corrected chi connectivity index (χ0v) is 12.5. The van der Waals surface area contributed by atoms with Crippen molar-refractivity contribution in [2.45, 2.75) is 27.7 Å². The van der Waals surface area contributed by atoms with E-state index in [-0.39, 0.29) is 5.97 Å². The van der Waals surface area contributed by atoms with Crippen LogP contribution in [-0.2, 0) is 9.53 Å². The van der Waals surface area contributed by atoms with Crippen molar-refractivity contribution in [2.24, 2.45) is 5.92 Å². The van der Waals surface area contributed by atoms with E-state index in [9.17, 15) is 4.79 Å². The predicted octanol–water partition coefficient (Wildman–Crippen LogP) is 3.73. The van der Waals surface area contributed by atoms with Gasteiger partial charge in [-0.05, 0) is 45.4 Å². The van der Waals surface area contributed by atoms with Crippen LogP contribution in [0.3, 0.4) is 0 Å². The van der Waals surface area contributed by atoms with Crippen LogP contribution >= 0.6 is 0 Å². The number of carbonyl (C=O) groups is 1. The first kappa shape index (κ1) is 15.8. The van der Waals surface area contributed by atoms with Gasteiger partial charge < -0.3 is 4.74 Å². The molecule has 1 atom stereocenters. The lowest BCUT2D eigenvalue weighted by Gasteiger charge is -2.08. The fraction of sp³-hybridized carbons (Fsp3) is 0.333. The highest BCUT2D eigenvalue weighted by Crippen LogP contribution is 2.12. The molecule has 1 aromatic carbocycles. The van der Waals surface area contributed by atoms with Crippen molar-refractivity contribution in [3.63, 3.8) is 0 Å². The van der Waals surface area contributed by atoms with Crippen LogP contribution in [0.5, 0.6) is 0 Å². The Kier molecular flexibility index (Phi) is 6.37. The number of rotatable bonds is 3. The van der Waals surface area contributed by atoms with Crippen molar-refractivity contribution in [3.8, 4) is 11.8 Å². The maximum atomic E-state index is 11.8. The molecular formula is C18H20O2. The Morgan fingerprint density at radius 3 is 2.45 bits per heavy atom. The summed E-state index contributed by atoms with van der Waals surface area (Å²) >= 11 is 0. The Labute approximate surface area is 121 Å². The highest BCUT2D eigenvalue weighted by Gasteiger charge is 2.17. The van der Waals surface area contributed by atoms with Gasteiger partial charge >= 0.3 is 5.97 Å². The molecule has 0 aliphatic carbocycles. The number of hydrogen-bond donors (Lipinski definition) is 0. The highest BCUT2D eigenvalue weighted by molar-refractivity contribution is 5.77. The SMILES string of the molecule is CCOC(=O)C(C)C(=C=C(C)C)C#Cc1ccccc1. The fourth-order valence-electron chi connectivity index (χ4n) is 1.56. The van der Waals surface area contributed by atoms with Gasteiger partial charge in [0.25, 0.3) is 0 Å². The summed E-state index contributed by atoms with van der Waals surface area (Å²) in [5, 5.41) is 0. The van der Waals surface area contributed by atoms with Crippen LogP contribution in [-0.4, -0.2) is 12.6 Å². The maximum Gasteiger partial charge on any atom is 0.314 e. The second-order valence-electron chi connectivity index (χ2n) is 4.63. The number of hydrogen-bond acceptors (Lipinski definition) is 2. The van der Waals surface area contributed by atoms with Crippen LogP contribution in [0.1, 0.15) is 33.3 Å². The third-order valence-electron chi connectivity index (χ3n) is 2.57. The minimum Gasteiger partial charge on any atom is -0.465 e. The van der Waals surface area contributed by atoms with E-state index >= 15 is 0 Å². The van der Waals surface area contributed by atoms with Crippen LogP contribution in [0.15, 0.2) is 47.2 Å². The zero-order chi connectivity index (χ0) is 15.0. The molecular weight excluding hydrogens is 248 g/mol. The van der Waals surface area contributed by atoms with Gasteiger partial charge in [0.05, 0.1) is 18.1 Å². The molecule has 0 bridgehead atoms. The third kappa shape index (κ3) is 5.18. The van der Waals surface area contributed by atoms with Gasteiger partial charge in [-0.1, -0.05) is 30.0 Å². The van der Waals surface area contributed by atoms with E-state index in [1.54, 1.807) is 13.8 Å². The van der Waals surface area contributed by atoms with E-state index in [1.165, 1.54) is 0 Å². The Morgan fingerprint density at radius 1 is 1.25 bits per heavy atom. The van der Waals surface area contributed by atoms with E-state index in [0.717, 1.165) is 11.1 Å². The molecule has 0 fully saturated rings. The number of carbonyl (C=O) groups excluding carboxylic acids is 1. The Hall–Kier alpha value is -2.23. The minimum atomic E-state index is -0.402. The topological polar surface area (TPSA) is 26.3 Å². The molecule has 2 nitrogen and oxygen atoms in total. The number of ether oxygens (including phenoxy) is 1. The van der Waals surface area contributed by atoms with Gasteiger partial charge in [-0.15, -0.1) is 5.73 Å². The molecule has 0 aliphatic heterocycles. The van der Waals surface area contributed by atoms with Crippen LogP contribution in [0, 0.1) is 17.8 Å². The monoisotopic (exact) mass is 268 g/mol. The Bertz CT molecular complexity index is 575. The predicted molar refractivity (Wildman–Crippen MR) is 81.0 cm³/mol. The first-order chi connectivity index (χ1) is 9.54. The number of esters is 1. The average Bonchev–Trinajstić information content (AvgIpc) is 2.43. The largest absolute Gasteiger partial charge is 0.465 e. The van der Waals surface area contributed by atoms with E-state index in [0.29, 0.717) is 12.2 Å². The first-order valence-corrected chi connectivity index (χ1v) is 6.72. The van der Waals surface area contributed by atoms with Crippen LogP contribution in [0.25, 0.3) is 0 Å². The lowest BCUT2D eigenvalue weighted by Crippen LogP contribution is -2.16. The lowest BCUT2D eigenvalue weighted by molar-refractivity contribution is -0.145. The summed E-state index contributed by atoms with van der Waals surface area (Å²) in [6.45, 7) is 7.83. The summed E-state index contributed by atoms with van der Waals surface area (Å²) in [6.07, 6.45) is 0. The minimum absolute atomic E-state index is 0.265. The molecule has 1 unspecified atom stereocenters. The highest BCUT2D eigenvalue weighted by atomic mass is 16.5. The molecule has 2 heteroatoms. The van der Waals surface area contributed by atoms with Gasteiger partial charge in [-0.25, -0.2) is 0 Å². The maximum absolute atomic E-state index is 11.8. The molecule has 0 radical (unpaired) electrons. The van der Waals surface area contributed by atoms with E-state index < -0.39 is 5.92 Å². The fourth-order valence-corrected chi connectivity index (χ4v) is 1.56. The van der Waals surface area contributed by atoms with E-state index in [1.807, 2.05) is 44.2 Å². The molecule has 0 heterocycles. The van der Waals surface area contributed by atoms with Crippen molar-refractivity contribution in [1.82, 2.24) is 0 Å². The summed E-state index contributed by atoms with van der Waals surface area (Å²) in [5.74, 6) is 5.43. The second kappa shape index (κ2) is 8.04. The van der Waals surface area contributed by atoms with Crippen LogP contribution in [0.4, 0.5) is 0 Å². The smallest absolute Gasteiger partial charge is 0.314 e. The zero-order valence-electron chi connectivity index (χ0n) is 12.5. The van der Waals surface area contributed by atoms with Gasteiger partial charge in [0, 0.05) is 5.56 Å². The molecule has 1 aromatic rings. The van der Waals surface area contributed by atoms with Gasteiger partial charge in [-0.2, -0.15) is 0 Å². The molecule has 0 aromatic heterocycles. The van der Waals surface area contributed by atoms with Crippen LogP contribution < -0.4 is 0 Å². The Balaban J connectivity index is 3.08. The summed E-state index contributed by atoms with van der Waals surface area (Å²) in [7, 11) is 0.